The fourth-order valence-electron chi connectivity index (χ4n) is 3.77. The summed E-state index contributed by atoms with van der Waals surface area (Å²) < 4.78 is 13.0. The smallest absolute Gasteiger partial charge is 0.231 e. The Bertz CT molecular complexity index is 1070. The van der Waals surface area contributed by atoms with E-state index in [2.05, 4.69) is 4.57 Å². The van der Waals surface area contributed by atoms with Gasteiger partial charge in [-0.1, -0.05) is 29.8 Å². The third kappa shape index (κ3) is 3.88. The maximum Gasteiger partial charge on any atom is 0.231 e. The van der Waals surface area contributed by atoms with Gasteiger partial charge in [-0.3, -0.25) is 9.69 Å². The lowest BCUT2D eigenvalue weighted by Gasteiger charge is -2.17. The van der Waals surface area contributed by atoms with Crippen molar-refractivity contribution in [1.29, 1.82) is 0 Å². The zero-order valence-electron chi connectivity index (χ0n) is 16.7. The molecule has 2 heterocycles. The summed E-state index contributed by atoms with van der Waals surface area (Å²) in [7, 11) is 1.93. The number of aromatic nitrogens is 1. The van der Waals surface area contributed by atoms with Gasteiger partial charge in [-0.05, 0) is 50.7 Å². The number of hydrogen-bond acceptors (Lipinski definition) is 4. The van der Waals surface area contributed by atoms with Gasteiger partial charge in [-0.25, -0.2) is 0 Å². The van der Waals surface area contributed by atoms with E-state index < -0.39 is 0 Å². The van der Waals surface area contributed by atoms with Gasteiger partial charge in [0.15, 0.2) is 17.3 Å². The molecule has 0 aliphatic carbocycles. The standard InChI is InChI=1S/C23H23ClN2O3/c1-15-10-19(21(27)13-25(3)12-17-6-4-5-7-20(17)24)16(2)26(15)18-8-9-22-23(11-18)29-14-28-22/h4-11H,12-14H2,1-3H3. The molecule has 0 fully saturated rings. The van der Waals surface area contributed by atoms with Crippen molar-refractivity contribution in [2.75, 3.05) is 20.4 Å². The number of hydrogen-bond donors (Lipinski definition) is 0. The van der Waals surface area contributed by atoms with E-state index in [4.69, 9.17) is 21.1 Å². The lowest BCUT2D eigenvalue weighted by Crippen LogP contribution is -2.26. The lowest BCUT2D eigenvalue weighted by molar-refractivity contribution is 0.0942. The predicted molar refractivity (Wildman–Crippen MR) is 113 cm³/mol. The summed E-state index contributed by atoms with van der Waals surface area (Å²) in [5.74, 6) is 1.55. The van der Waals surface area contributed by atoms with Gasteiger partial charge >= 0.3 is 0 Å². The van der Waals surface area contributed by atoms with Crippen molar-refractivity contribution >= 4 is 17.4 Å². The second-order valence-corrected chi connectivity index (χ2v) is 7.75. The van der Waals surface area contributed by atoms with Crippen molar-refractivity contribution in [2.45, 2.75) is 20.4 Å². The SMILES string of the molecule is Cc1cc(C(=O)CN(C)Cc2ccccc2Cl)c(C)n1-c1ccc2c(c1)OCO2. The number of aryl methyl sites for hydroxylation is 1. The van der Waals surface area contributed by atoms with E-state index in [9.17, 15) is 4.79 Å². The molecule has 0 saturated carbocycles. The Labute approximate surface area is 175 Å². The zero-order valence-corrected chi connectivity index (χ0v) is 17.5. The van der Waals surface area contributed by atoms with Crippen LogP contribution in [0.3, 0.4) is 0 Å². The predicted octanol–water partition coefficient (Wildman–Crippen LogP) is 4.79. The topological polar surface area (TPSA) is 43.7 Å². The highest BCUT2D eigenvalue weighted by molar-refractivity contribution is 6.31. The Balaban J connectivity index is 1.54. The van der Waals surface area contributed by atoms with Crippen LogP contribution in [0, 0.1) is 13.8 Å². The number of halogens is 1. The van der Waals surface area contributed by atoms with E-state index in [1.54, 1.807) is 0 Å². The Hall–Kier alpha value is -2.76. The van der Waals surface area contributed by atoms with Crippen molar-refractivity contribution in [2.24, 2.45) is 0 Å². The van der Waals surface area contributed by atoms with E-state index in [1.165, 1.54) is 0 Å². The van der Waals surface area contributed by atoms with E-state index in [1.807, 2.05) is 74.3 Å². The first-order valence-corrected chi connectivity index (χ1v) is 9.86. The van der Waals surface area contributed by atoms with E-state index in [-0.39, 0.29) is 12.6 Å². The highest BCUT2D eigenvalue weighted by Crippen LogP contribution is 2.35. The molecule has 0 saturated heterocycles. The number of Topliss-reactive ketones (excluding diaryl/α,β-unsaturated/α-hetero) is 1. The summed E-state index contributed by atoms with van der Waals surface area (Å²) in [5, 5.41) is 0.716. The molecule has 1 aliphatic heterocycles. The van der Waals surface area contributed by atoms with Crippen molar-refractivity contribution in [3.63, 3.8) is 0 Å². The van der Waals surface area contributed by atoms with Crippen LogP contribution in [0.25, 0.3) is 5.69 Å². The maximum atomic E-state index is 13.0. The van der Waals surface area contributed by atoms with Crippen LogP contribution in [-0.4, -0.2) is 35.6 Å². The number of ketones is 1. The molecule has 0 atom stereocenters. The molecule has 0 bridgehead atoms. The molecule has 0 amide bonds. The Morgan fingerprint density at radius 1 is 1.10 bits per heavy atom. The number of carbonyl (C=O) groups excluding carboxylic acids is 1. The van der Waals surface area contributed by atoms with Crippen LogP contribution in [0.2, 0.25) is 5.02 Å². The summed E-state index contributed by atoms with van der Waals surface area (Å²) in [4.78, 5) is 15.0. The first-order chi connectivity index (χ1) is 13.9. The van der Waals surface area contributed by atoms with Gasteiger partial charge in [0.05, 0.1) is 6.54 Å². The molecule has 4 rings (SSSR count). The number of likely N-dealkylation sites (N-methyl/N-ethyl adjacent to an activating group) is 1. The van der Waals surface area contributed by atoms with Crippen LogP contribution in [0.4, 0.5) is 0 Å². The second-order valence-electron chi connectivity index (χ2n) is 7.34. The molecule has 0 radical (unpaired) electrons. The molecule has 3 aromatic rings. The van der Waals surface area contributed by atoms with Crippen molar-refractivity contribution in [1.82, 2.24) is 9.47 Å². The van der Waals surface area contributed by atoms with Crippen LogP contribution in [0.1, 0.15) is 27.3 Å². The van der Waals surface area contributed by atoms with Crippen LogP contribution >= 0.6 is 11.6 Å². The Kier molecular flexibility index (Phi) is 5.35. The van der Waals surface area contributed by atoms with Gasteiger partial charge in [0.25, 0.3) is 0 Å². The molecule has 1 aromatic heterocycles. The van der Waals surface area contributed by atoms with Crippen molar-refractivity contribution in [3.05, 3.63) is 76.1 Å². The minimum atomic E-state index is 0.0830. The van der Waals surface area contributed by atoms with Gasteiger partial charge in [-0.2, -0.15) is 0 Å². The summed E-state index contributed by atoms with van der Waals surface area (Å²) >= 11 is 6.25. The number of carbonyl (C=O) groups is 1. The highest BCUT2D eigenvalue weighted by atomic mass is 35.5. The normalized spacial score (nSPS) is 12.6. The lowest BCUT2D eigenvalue weighted by atomic mass is 10.1. The molecule has 0 N–H and O–H groups in total. The van der Waals surface area contributed by atoms with Crippen LogP contribution in [0.5, 0.6) is 11.5 Å². The van der Waals surface area contributed by atoms with E-state index in [0.717, 1.165) is 39.7 Å². The Morgan fingerprint density at radius 3 is 2.66 bits per heavy atom. The first-order valence-electron chi connectivity index (χ1n) is 9.48. The quantitative estimate of drug-likeness (QED) is 0.548. The number of benzene rings is 2. The van der Waals surface area contributed by atoms with Crippen LogP contribution in [-0.2, 0) is 6.54 Å². The fraction of sp³-hybridized carbons (Fsp3) is 0.261. The monoisotopic (exact) mass is 410 g/mol. The van der Waals surface area contributed by atoms with Crippen LogP contribution < -0.4 is 9.47 Å². The molecule has 1 aliphatic rings. The van der Waals surface area contributed by atoms with Gasteiger partial charge < -0.3 is 14.0 Å². The second kappa shape index (κ2) is 7.93. The Morgan fingerprint density at radius 2 is 1.86 bits per heavy atom. The minimum absolute atomic E-state index is 0.0830. The minimum Gasteiger partial charge on any atom is -0.454 e. The third-order valence-corrected chi connectivity index (χ3v) is 5.53. The van der Waals surface area contributed by atoms with Gasteiger partial charge in [0, 0.05) is 40.3 Å². The van der Waals surface area contributed by atoms with Gasteiger partial charge in [-0.15, -0.1) is 0 Å². The molecule has 5 nitrogen and oxygen atoms in total. The van der Waals surface area contributed by atoms with E-state index >= 15 is 0 Å². The molecule has 29 heavy (non-hydrogen) atoms. The molecular formula is C23H23ClN2O3. The summed E-state index contributed by atoms with van der Waals surface area (Å²) in [6.07, 6.45) is 0. The molecule has 0 spiro atoms. The average molecular weight is 411 g/mol. The average Bonchev–Trinajstić information content (AvgIpc) is 3.26. The number of fused-ring (bicyclic) bond motifs is 1. The summed E-state index contributed by atoms with van der Waals surface area (Å²) in [6, 6.07) is 15.5. The first kappa shape index (κ1) is 19.6. The van der Waals surface area contributed by atoms with E-state index in [0.29, 0.717) is 18.1 Å². The molecule has 150 valence electrons. The van der Waals surface area contributed by atoms with Gasteiger partial charge in [0.1, 0.15) is 0 Å². The zero-order chi connectivity index (χ0) is 20.5. The fourth-order valence-corrected chi connectivity index (χ4v) is 3.97. The van der Waals surface area contributed by atoms with Crippen molar-refractivity contribution < 1.29 is 14.3 Å². The molecule has 2 aromatic carbocycles. The van der Waals surface area contributed by atoms with Crippen LogP contribution in [0.15, 0.2) is 48.5 Å². The maximum absolute atomic E-state index is 13.0. The summed E-state index contributed by atoms with van der Waals surface area (Å²) in [6.45, 7) is 5.15. The largest absolute Gasteiger partial charge is 0.454 e. The van der Waals surface area contributed by atoms with Gasteiger partial charge in [0.2, 0.25) is 6.79 Å². The molecular weight excluding hydrogens is 388 g/mol. The number of ether oxygens (including phenoxy) is 2. The highest BCUT2D eigenvalue weighted by Gasteiger charge is 2.20. The summed E-state index contributed by atoms with van der Waals surface area (Å²) in [5.41, 5.74) is 4.60. The molecule has 6 heteroatoms. The third-order valence-electron chi connectivity index (χ3n) is 5.16. The van der Waals surface area contributed by atoms with Crippen molar-refractivity contribution in [3.8, 4) is 17.2 Å². The number of nitrogens with zero attached hydrogens (tertiary/aromatic N) is 2. The number of rotatable bonds is 6. The molecule has 0 unspecified atom stereocenters.